The normalized spacial score (nSPS) is 22.1. The molecule has 0 spiro atoms. The van der Waals surface area contributed by atoms with E-state index in [2.05, 4.69) is 5.32 Å². The van der Waals surface area contributed by atoms with Crippen LogP contribution in [0.2, 0.25) is 0 Å². The summed E-state index contributed by atoms with van der Waals surface area (Å²) in [5.41, 5.74) is 0.0691. The van der Waals surface area contributed by atoms with E-state index in [9.17, 15) is 28.6 Å². The zero-order valence-electron chi connectivity index (χ0n) is 17.0. The number of carbonyl (C=O) groups excluding carboxylic acids is 1. The number of hydrogen-bond acceptors (Lipinski definition) is 4. The fraction of sp³-hybridized carbons (Fsp3) is 0.636. The smallest absolute Gasteiger partial charge is 0.303 e. The van der Waals surface area contributed by atoms with Crippen molar-refractivity contribution in [2.24, 2.45) is 11.8 Å². The Bertz CT molecular complexity index is 715. The summed E-state index contributed by atoms with van der Waals surface area (Å²) >= 11 is 0. The van der Waals surface area contributed by atoms with Crippen molar-refractivity contribution in [3.8, 4) is 0 Å². The topological polar surface area (TPSA) is 107 Å². The molecule has 0 heterocycles. The molecule has 6 nitrogen and oxygen atoms in total. The van der Waals surface area contributed by atoms with Crippen LogP contribution in [-0.4, -0.2) is 39.4 Å². The number of carboxylic acids is 1. The van der Waals surface area contributed by atoms with E-state index in [0.717, 1.165) is 44.2 Å². The van der Waals surface area contributed by atoms with Crippen molar-refractivity contribution in [3.05, 3.63) is 29.8 Å². The summed E-state index contributed by atoms with van der Waals surface area (Å²) in [6.45, 7) is 0. The van der Waals surface area contributed by atoms with Crippen molar-refractivity contribution in [2.75, 3.05) is 5.32 Å². The number of aliphatic carboxylic acids is 1. The zero-order chi connectivity index (χ0) is 22.1. The van der Waals surface area contributed by atoms with E-state index in [1.807, 2.05) is 0 Å². The first kappa shape index (κ1) is 24.2. The van der Waals surface area contributed by atoms with Gasteiger partial charge in [-0.1, -0.05) is 25.7 Å². The van der Waals surface area contributed by atoms with Gasteiger partial charge in [-0.15, -0.1) is 0 Å². The maximum Gasteiger partial charge on any atom is 0.303 e. The maximum absolute atomic E-state index is 13.2. The number of aliphatic hydroxyl groups is 2. The fourth-order valence-corrected chi connectivity index (χ4v) is 4.23. The summed E-state index contributed by atoms with van der Waals surface area (Å²) in [6.07, 6.45) is 5.10. The van der Waals surface area contributed by atoms with Gasteiger partial charge in [-0.3, -0.25) is 9.59 Å². The minimum absolute atomic E-state index is 0.00901. The van der Waals surface area contributed by atoms with Crippen LogP contribution in [0.15, 0.2) is 18.2 Å². The third kappa shape index (κ3) is 7.65. The molecule has 0 radical (unpaired) electrons. The highest BCUT2D eigenvalue weighted by Crippen LogP contribution is 2.38. The van der Waals surface area contributed by atoms with Crippen LogP contribution in [0.1, 0.15) is 64.2 Å². The lowest BCUT2D eigenvalue weighted by molar-refractivity contribution is -0.137. The minimum Gasteiger partial charge on any atom is -0.481 e. The van der Waals surface area contributed by atoms with Crippen molar-refractivity contribution in [2.45, 2.75) is 76.4 Å². The van der Waals surface area contributed by atoms with E-state index in [1.165, 1.54) is 6.07 Å². The Morgan fingerprint density at radius 1 is 1.07 bits per heavy atom. The molecular weight excluding hydrogens is 396 g/mol. The Hall–Kier alpha value is -2.06. The van der Waals surface area contributed by atoms with Crippen molar-refractivity contribution in [1.82, 2.24) is 0 Å². The molecule has 1 aromatic carbocycles. The second kappa shape index (κ2) is 12.0. The van der Waals surface area contributed by atoms with E-state index in [4.69, 9.17) is 5.11 Å². The minimum atomic E-state index is -1.30. The molecule has 30 heavy (non-hydrogen) atoms. The van der Waals surface area contributed by atoms with Gasteiger partial charge in [0.25, 0.3) is 5.91 Å². The Balaban J connectivity index is 1.74. The van der Waals surface area contributed by atoms with Crippen LogP contribution in [0.3, 0.4) is 0 Å². The van der Waals surface area contributed by atoms with Gasteiger partial charge in [-0.2, -0.15) is 0 Å². The highest BCUT2D eigenvalue weighted by Gasteiger charge is 2.34. The molecule has 0 bridgehead atoms. The number of unbranched alkanes of at least 4 members (excludes halogenated alkanes) is 3. The molecule has 4 atom stereocenters. The van der Waals surface area contributed by atoms with Gasteiger partial charge in [0.05, 0.1) is 6.10 Å². The lowest BCUT2D eigenvalue weighted by atomic mass is 9.85. The number of carbonyl (C=O) groups is 2. The molecule has 1 aliphatic carbocycles. The summed E-state index contributed by atoms with van der Waals surface area (Å²) in [5, 5.41) is 31.4. The molecule has 1 aliphatic rings. The van der Waals surface area contributed by atoms with Gasteiger partial charge in [-0.25, -0.2) is 8.78 Å². The highest BCUT2D eigenvalue weighted by atomic mass is 19.2. The molecule has 1 amide bonds. The molecule has 168 valence electrons. The predicted molar refractivity (Wildman–Crippen MR) is 108 cm³/mol. The first-order chi connectivity index (χ1) is 14.3. The zero-order valence-corrected chi connectivity index (χ0v) is 17.0. The fourth-order valence-electron chi connectivity index (χ4n) is 4.23. The molecule has 3 unspecified atom stereocenters. The van der Waals surface area contributed by atoms with E-state index < -0.39 is 35.7 Å². The van der Waals surface area contributed by atoms with Crippen molar-refractivity contribution in [1.29, 1.82) is 0 Å². The number of aliphatic hydroxyl groups excluding tert-OH is 2. The number of amides is 1. The Labute approximate surface area is 175 Å². The second-order valence-corrected chi connectivity index (χ2v) is 8.13. The van der Waals surface area contributed by atoms with Gasteiger partial charge in [0.15, 0.2) is 11.6 Å². The van der Waals surface area contributed by atoms with Crippen LogP contribution < -0.4 is 5.32 Å². The third-order valence-electron chi connectivity index (χ3n) is 5.91. The van der Waals surface area contributed by atoms with Gasteiger partial charge >= 0.3 is 5.97 Å². The lowest BCUT2D eigenvalue weighted by Gasteiger charge is -2.23. The monoisotopic (exact) mass is 427 g/mol. The van der Waals surface area contributed by atoms with E-state index in [1.54, 1.807) is 0 Å². The number of hydrogen-bond donors (Lipinski definition) is 4. The maximum atomic E-state index is 13.2. The predicted octanol–water partition coefficient (Wildman–Crippen LogP) is 3.86. The largest absolute Gasteiger partial charge is 0.481 e. The Kier molecular flexibility index (Phi) is 9.65. The van der Waals surface area contributed by atoms with Crippen LogP contribution in [0, 0.1) is 23.5 Å². The number of halogens is 2. The standard InChI is InChI=1S/C22H31F2NO5/c23-17-10-8-15(13-18(17)24)25-22(30)20(27)12-9-16-14(7-11-19(16)26)5-3-1-2-4-6-21(28)29/h8,10,13-14,16,19-20,26-27H,1-7,9,11-12H2,(H,25,30)(H,28,29)/t14-,16?,19?,20?/m0/s1. The SMILES string of the molecule is O=C(O)CCCCCC[C@H]1CCC(O)C1CCC(O)C(=O)Nc1ccc(F)c(F)c1. The van der Waals surface area contributed by atoms with Crippen LogP contribution in [0.25, 0.3) is 0 Å². The number of rotatable bonds is 12. The van der Waals surface area contributed by atoms with Gasteiger partial charge in [0.1, 0.15) is 6.10 Å². The van der Waals surface area contributed by atoms with E-state index in [0.29, 0.717) is 25.2 Å². The molecule has 2 rings (SSSR count). The van der Waals surface area contributed by atoms with Crippen molar-refractivity contribution < 1.29 is 33.7 Å². The quantitative estimate of drug-likeness (QED) is 0.379. The average molecular weight is 427 g/mol. The van der Waals surface area contributed by atoms with Gasteiger partial charge in [-0.05, 0) is 56.1 Å². The van der Waals surface area contributed by atoms with Crippen LogP contribution in [-0.2, 0) is 9.59 Å². The van der Waals surface area contributed by atoms with E-state index in [-0.39, 0.29) is 24.4 Å². The molecule has 1 aromatic rings. The van der Waals surface area contributed by atoms with Crippen LogP contribution in [0.5, 0.6) is 0 Å². The Morgan fingerprint density at radius 3 is 2.50 bits per heavy atom. The molecule has 1 saturated carbocycles. The molecule has 0 aliphatic heterocycles. The average Bonchev–Trinajstić information content (AvgIpc) is 3.04. The van der Waals surface area contributed by atoms with Crippen LogP contribution >= 0.6 is 0 Å². The Morgan fingerprint density at radius 2 is 1.80 bits per heavy atom. The summed E-state index contributed by atoms with van der Waals surface area (Å²) in [5.74, 6) is -3.24. The van der Waals surface area contributed by atoms with E-state index >= 15 is 0 Å². The third-order valence-corrected chi connectivity index (χ3v) is 5.91. The molecule has 4 N–H and O–H groups in total. The summed E-state index contributed by atoms with van der Waals surface area (Å²) in [6, 6.07) is 2.97. The van der Waals surface area contributed by atoms with Gasteiger partial charge in [0, 0.05) is 18.2 Å². The number of carboxylic acid groups (broad SMARTS) is 1. The summed E-state index contributed by atoms with van der Waals surface area (Å²) < 4.78 is 26.2. The first-order valence-electron chi connectivity index (χ1n) is 10.6. The number of nitrogens with one attached hydrogen (secondary N) is 1. The lowest BCUT2D eigenvalue weighted by Crippen LogP contribution is -2.29. The number of benzene rings is 1. The summed E-state index contributed by atoms with van der Waals surface area (Å²) in [4.78, 5) is 22.6. The molecular formula is C22H31F2NO5. The van der Waals surface area contributed by atoms with Gasteiger partial charge < -0.3 is 20.6 Å². The molecule has 0 aromatic heterocycles. The second-order valence-electron chi connectivity index (χ2n) is 8.13. The highest BCUT2D eigenvalue weighted by molar-refractivity contribution is 5.93. The number of anilines is 1. The first-order valence-corrected chi connectivity index (χ1v) is 10.6. The van der Waals surface area contributed by atoms with Crippen molar-refractivity contribution >= 4 is 17.6 Å². The van der Waals surface area contributed by atoms with Crippen molar-refractivity contribution in [3.63, 3.8) is 0 Å². The molecule has 8 heteroatoms. The molecule has 1 fully saturated rings. The summed E-state index contributed by atoms with van der Waals surface area (Å²) in [7, 11) is 0. The van der Waals surface area contributed by atoms with Gasteiger partial charge in [0.2, 0.25) is 0 Å². The van der Waals surface area contributed by atoms with Crippen LogP contribution in [0.4, 0.5) is 14.5 Å². The molecule has 0 saturated heterocycles.